The van der Waals surface area contributed by atoms with Crippen LogP contribution in [0.2, 0.25) is 0 Å². The number of carbonyl (C=O) groups is 1. The van der Waals surface area contributed by atoms with Crippen LogP contribution in [-0.4, -0.2) is 40.9 Å². The first-order valence-corrected chi connectivity index (χ1v) is 7.91. The van der Waals surface area contributed by atoms with Gasteiger partial charge in [0.25, 0.3) is 0 Å². The van der Waals surface area contributed by atoms with Gasteiger partial charge in [0.05, 0.1) is 0 Å². The van der Waals surface area contributed by atoms with E-state index in [9.17, 15) is 9.18 Å². The molecule has 3 nitrogen and oxygen atoms in total. The molecule has 1 aromatic rings. The molecule has 2 aliphatic heterocycles. The maximum absolute atomic E-state index is 13.3. The third-order valence-corrected chi connectivity index (χ3v) is 4.84. The Labute approximate surface area is 125 Å². The lowest BCUT2D eigenvalue weighted by molar-refractivity contribution is -0.130. The van der Waals surface area contributed by atoms with E-state index in [0.29, 0.717) is 12.1 Å². The lowest BCUT2D eigenvalue weighted by atomic mass is 10.0. The highest BCUT2D eigenvalue weighted by Gasteiger charge is 2.38. The molecule has 0 aliphatic carbocycles. The number of hydrogen-bond acceptors (Lipinski definition) is 2. The van der Waals surface area contributed by atoms with Crippen LogP contribution < -0.4 is 0 Å². The first kappa shape index (κ1) is 14.5. The van der Waals surface area contributed by atoms with Gasteiger partial charge in [0, 0.05) is 32.1 Å². The molecule has 1 aromatic carbocycles. The number of carbonyl (C=O) groups excluding carboxylic acids is 1. The highest BCUT2D eigenvalue weighted by molar-refractivity contribution is 5.74. The van der Waals surface area contributed by atoms with Gasteiger partial charge in [-0.1, -0.05) is 12.1 Å². The summed E-state index contributed by atoms with van der Waals surface area (Å²) in [7, 11) is 0. The first-order chi connectivity index (χ1) is 10.1. The maximum atomic E-state index is 13.3. The van der Waals surface area contributed by atoms with Crippen LogP contribution in [0.25, 0.3) is 0 Å². The van der Waals surface area contributed by atoms with E-state index in [4.69, 9.17) is 0 Å². The molecule has 4 heteroatoms. The normalized spacial score (nSPS) is 26.5. The predicted molar refractivity (Wildman–Crippen MR) is 80.2 cm³/mol. The van der Waals surface area contributed by atoms with Crippen molar-refractivity contribution < 1.29 is 9.18 Å². The molecule has 2 atom stereocenters. The highest BCUT2D eigenvalue weighted by atomic mass is 19.1. The second-order valence-corrected chi connectivity index (χ2v) is 6.23. The zero-order valence-corrected chi connectivity index (χ0v) is 12.6. The molecule has 2 aliphatic rings. The van der Waals surface area contributed by atoms with Crippen molar-refractivity contribution in [3.63, 3.8) is 0 Å². The number of hydrogen-bond donors (Lipinski definition) is 0. The molecule has 21 heavy (non-hydrogen) atoms. The van der Waals surface area contributed by atoms with Crippen molar-refractivity contribution >= 4 is 5.91 Å². The van der Waals surface area contributed by atoms with Gasteiger partial charge in [-0.05, 0) is 49.9 Å². The Hall–Kier alpha value is -1.42. The molecule has 0 aromatic heterocycles. The summed E-state index contributed by atoms with van der Waals surface area (Å²) in [5, 5.41) is 0. The number of halogens is 1. The van der Waals surface area contributed by atoms with E-state index in [1.54, 1.807) is 19.1 Å². The lowest BCUT2D eigenvalue weighted by Crippen LogP contribution is -2.47. The standard InChI is InChI=1S/C17H23FN2O/c1-13(21)20-10-4-8-17(20)16-7-3-9-19(16)12-14-5-2-6-15(18)11-14/h2,5-6,11,16-17H,3-4,7-10,12H2,1H3/t16-,17+/m1/s1. The third-order valence-electron chi connectivity index (χ3n) is 4.84. The molecule has 0 radical (unpaired) electrons. The smallest absolute Gasteiger partial charge is 0.219 e. The number of nitrogens with zero attached hydrogens (tertiary/aromatic N) is 2. The summed E-state index contributed by atoms with van der Waals surface area (Å²) in [6.45, 7) is 4.39. The number of amides is 1. The summed E-state index contributed by atoms with van der Waals surface area (Å²) >= 11 is 0. The summed E-state index contributed by atoms with van der Waals surface area (Å²) in [6.07, 6.45) is 4.52. The summed E-state index contributed by atoms with van der Waals surface area (Å²) in [4.78, 5) is 16.2. The van der Waals surface area contributed by atoms with Gasteiger partial charge in [-0.2, -0.15) is 0 Å². The Bertz CT molecular complexity index is 519. The molecule has 1 amide bonds. The summed E-state index contributed by atoms with van der Waals surface area (Å²) < 4.78 is 13.3. The third kappa shape index (κ3) is 3.10. The minimum atomic E-state index is -0.172. The van der Waals surface area contributed by atoms with Gasteiger partial charge < -0.3 is 4.90 Å². The molecule has 3 rings (SSSR count). The van der Waals surface area contributed by atoms with Crippen molar-refractivity contribution in [1.29, 1.82) is 0 Å². The zero-order chi connectivity index (χ0) is 14.8. The molecule has 2 saturated heterocycles. The van der Waals surface area contributed by atoms with Gasteiger partial charge in [0.15, 0.2) is 0 Å². The summed E-state index contributed by atoms with van der Waals surface area (Å²) in [5.41, 5.74) is 1.02. The van der Waals surface area contributed by atoms with Crippen molar-refractivity contribution in [2.45, 2.75) is 51.2 Å². The van der Waals surface area contributed by atoms with E-state index in [-0.39, 0.29) is 11.7 Å². The summed E-state index contributed by atoms with van der Waals surface area (Å²) in [5.74, 6) is 0.0181. The van der Waals surface area contributed by atoms with Gasteiger partial charge in [-0.15, -0.1) is 0 Å². The van der Waals surface area contributed by atoms with Crippen LogP contribution in [0.3, 0.4) is 0 Å². The second kappa shape index (κ2) is 6.14. The average Bonchev–Trinajstić information content (AvgIpc) is 3.06. The minimum Gasteiger partial charge on any atom is -0.338 e. The van der Waals surface area contributed by atoms with Gasteiger partial charge >= 0.3 is 0 Å². The fourth-order valence-electron chi connectivity index (χ4n) is 3.94. The van der Waals surface area contributed by atoms with Crippen LogP contribution in [0.1, 0.15) is 38.2 Å². The molecule has 114 valence electrons. The lowest BCUT2D eigenvalue weighted by Gasteiger charge is -2.34. The maximum Gasteiger partial charge on any atom is 0.219 e. The van der Waals surface area contributed by atoms with Crippen LogP contribution in [0.5, 0.6) is 0 Å². The van der Waals surface area contributed by atoms with E-state index in [2.05, 4.69) is 4.90 Å². The van der Waals surface area contributed by atoms with Crippen molar-refractivity contribution in [3.8, 4) is 0 Å². The highest BCUT2D eigenvalue weighted by Crippen LogP contribution is 2.31. The Morgan fingerprint density at radius 2 is 2.00 bits per heavy atom. The number of rotatable bonds is 3. The molecular weight excluding hydrogens is 267 g/mol. The Morgan fingerprint density at radius 3 is 2.76 bits per heavy atom. The molecule has 0 saturated carbocycles. The zero-order valence-electron chi connectivity index (χ0n) is 12.6. The van der Waals surface area contributed by atoms with Gasteiger partial charge in [-0.25, -0.2) is 4.39 Å². The van der Waals surface area contributed by atoms with E-state index in [0.717, 1.165) is 44.5 Å². The molecule has 2 heterocycles. The van der Waals surface area contributed by atoms with Gasteiger partial charge in [0.1, 0.15) is 5.82 Å². The largest absolute Gasteiger partial charge is 0.338 e. The van der Waals surface area contributed by atoms with Crippen LogP contribution in [0.15, 0.2) is 24.3 Å². The SMILES string of the molecule is CC(=O)N1CCC[C@H]1[C@H]1CCCN1Cc1cccc(F)c1. The molecule has 0 N–H and O–H groups in total. The Balaban J connectivity index is 1.72. The molecule has 0 unspecified atom stereocenters. The topological polar surface area (TPSA) is 23.6 Å². The Kier molecular flexibility index (Phi) is 4.24. The van der Waals surface area contributed by atoms with Crippen LogP contribution in [0.4, 0.5) is 4.39 Å². The monoisotopic (exact) mass is 290 g/mol. The van der Waals surface area contributed by atoms with E-state index < -0.39 is 0 Å². The first-order valence-electron chi connectivity index (χ1n) is 7.91. The van der Waals surface area contributed by atoms with Crippen LogP contribution in [0, 0.1) is 5.82 Å². The van der Waals surface area contributed by atoms with Crippen molar-refractivity contribution in [2.75, 3.05) is 13.1 Å². The van der Waals surface area contributed by atoms with Gasteiger partial charge in [-0.3, -0.25) is 9.69 Å². The Morgan fingerprint density at radius 1 is 1.24 bits per heavy atom. The fraction of sp³-hybridized carbons (Fsp3) is 0.588. The van der Waals surface area contributed by atoms with E-state index >= 15 is 0 Å². The van der Waals surface area contributed by atoms with Gasteiger partial charge in [0.2, 0.25) is 5.91 Å². The van der Waals surface area contributed by atoms with Crippen LogP contribution >= 0.6 is 0 Å². The second-order valence-electron chi connectivity index (χ2n) is 6.23. The van der Waals surface area contributed by atoms with Crippen molar-refractivity contribution in [2.24, 2.45) is 0 Å². The quantitative estimate of drug-likeness (QED) is 0.854. The predicted octanol–water partition coefficient (Wildman–Crippen LogP) is 2.80. The molecule has 2 fully saturated rings. The number of likely N-dealkylation sites (tertiary alicyclic amines) is 2. The molecule has 0 bridgehead atoms. The van der Waals surface area contributed by atoms with Crippen molar-refractivity contribution in [1.82, 2.24) is 9.80 Å². The van der Waals surface area contributed by atoms with E-state index in [1.165, 1.54) is 12.5 Å². The minimum absolute atomic E-state index is 0.172. The number of benzene rings is 1. The van der Waals surface area contributed by atoms with Crippen molar-refractivity contribution in [3.05, 3.63) is 35.6 Å². The van der Waals surface area contributed by atoms with E-state index in [1.807, 2.05) is 11.0 Å². The summed E-state index contributed by atoms with van der Waals surface area (Å²) in [6, 6.07) is 7.63. The van der Waals surface area contributed by atoms with Crippen LogP contribution in [-0.2, 0) is 11.3 Å². The fourth-order valence-corrected chi connectivity index (χ4v) is 3.94. The molecule has 0 spiro atoms. The average molecular weight is 290 g/mol. The molecular formula is C17H23FN2O.